The topological polar surface area (TPSA) is 44.2 Å². The molecule has 0 saturated carbocycles. The molecule has 0 aliphatic carbocycles. The third-order valence-corrected chi connectivity index (χ3v) is 4.52. The largest absolute Gasteiger partial charge is 0.498 e. The van der Waals surface area contributed by atoms with Crippen LogP contribution in [0.3, 0.4) is 0 Å². The van der Waals surface area contributed by atoms with Crippen LogP contribution in [0.25, 0.3) is 0 Å². The minimum absolute atomic E-state index is 0.115. The lowest BCUT2D eigenvalue weighted by molar-refractivity contribution is 0.184. The van der Waals surface area contributed by atoms with Crippen molar-refractivity contribution in [2.45, 2.75) is 36.1 Å². The summed E-state index contributed by atoms with van der Waals surface area (Å²) >= 11 is 3.29. The summed E-state index contributed by atoms with van der Waals surface area (Å²) in [5.41, 5.74) is 0. The van der Waals surface area contributed by atoms with Crippen LogP contribution in [0, 0.1) is 0 Å². The Hall–Kier alpha value is -1.14. The summed E-state index contributed by atoms with van der Waals surface area (Å²) < 4.78 is 10.5. The van der Waals surface area contributed by atoms with Gasteiger partial charge in [0.15, 0.2) is 0 Å². The molecule has 0 amide bonds. The monoisotopic (exact) mass is 312 g/mol. The molecule has 0 N–H and O–H groups in total. The van der Waals surface area contributed by atoms with Crippen molar-refractivity contribution in [3.05, 3.63) is 38.1 Å². The molecule has 1 aromatic heterocycles. The van der Waals surface area contributed by atoms with Crippen molar-refractivity contribution in [1.82, 2.24) is 9.97 Å². The number of ether oxygens (including phenoxy) is 2. The van der Waals surface area contributed by atoms with Crippen LogP contribution in [0.2, 0.25) is 0 Å². The molecule has 0 spiro atoms. The first kappa shape index (κ1) is 16.9. The molecule has 0 aromatic carbocycles. The molecule has 1 heterocycles. The Labute approximate surface area is 129 Å². The summed E-state index contributed by atoms with van der Waals surface area (Å²) in [5.74, 6) is 1.65. The van der Waals surface area contributed by atoms with E-state index in [1.54, 1.807) is 29.9 Å². The van der Waals surface area contributed by atoms with Crippen LogP contribution in [0.4, 0.5) is 0 Å². The molecule has 0 aliphatic heterocycles. The predicted molar refractivity (Wildman–Crippen MR) is 85.0 cm³/mol. The van der Waals surface area contributed by atoms with E-state index in [1.165, 1.54) is 12.5 Å². The van der Waals surface area contributed by atoms with Crippen molar-refractivity contribution >= 4 is 23.5 Å². The van der Waals surface area contributed by atoms with Crippen molar-refractivity contribution in [2.75, 3.05) is 11.5 Å². The minimum atomic E-state index is 0.115. The highest BCUT2D eigenvalue weighted by Gasteiger charge is 2.07. The van der Waals surface area contributed by atoms with Crippen molar-refractivity contribution < 1.29 is 9.47 Å². The summed E-state index contributed by atoms with van der Waals surface area (Å²) in [5, 5.41) is 1.89. The lowest BCUT2D eigenvalue weighted by atomic mass is 10.5. The zero-order valence-corrected chi connectivity index (χ0v) is 13.5. The molecule has 1 rings (SSSR count). The van der Waals surface area contributed by atoms with Crippen LogP contribution in [-0.4, -0.2) is 33.7 Å². The first-order valence-corrected chi connectivity index (χ1v) is 8.23. The molecular weight excluding hydrogens is 292 g/mol. The summed E-state index contributed by atoms with van der Waals surface area (Å²) in [6.45, 7) is 11.1. The third kappa shape index (κ3) is 6.86. The van der Waals surface area contributed by atoms with Crippen LogP contribution in [0.1, 0.15) is 13.8 Å². The highest BCUT2D eigenvalue weighted by Crippen LogP contribution is 2.23. The highest BCUT2D eigenvalue weighted by molar-refractivity contribution is 8.00. The molecule has 0 aliphatic rings. The second-order valence-corrected chi connectivity index (χ2v) is 6.12. The van der Waals surface area contributed by atoms with E-state index in [-0.39, 0.29) is 12.2 Å². The number of rotatable bonds is 10. The van der Waals surface area contributed by atoms with Gasteiger partial charge in [0, 0.05) is 17.6 Å². The fourth-order valence-corrected chi connectivity index (χ4v) is 2.97. The molecule has 20 heavy (non-hydrogen) atoms. The van der Waals surface area contributed by atoms with E-state index < -0.39 is 0 Å². The molecule has 0 radical (unpaired) electrons. The van der Waals surface area contributed by atoms with E-state index in [2.05, 4.69) is 23.1 Å². The van der Waals surface area contributed by atoms with Gasteiger partial charge in [0.2, 0.25) is 0 Å². The van der Waals surface area contributed by atoms with Gasteiger partial charge in [-0.3, -0.25) is 0 Å². The number of hydrogen-bond acceptors (Lipinski definition) is 6. The molecule has 2 atom stereocenters. The summed E-state index contributed by atoms with van der Waals surface area (Å²) in [6, 6.07) is 1.98. The Morgan fingerprint density at radius 2 is 1.50 bits per heavy atom. The zero-order chi connectivity index (χ0) is 14.8. The third-order valence-electron chi connectivity index (χ3n) is 2.21. The molecule has 110 valence electrons. The maximum atomic E-state index is 5.27. The minimum Gasteiger partial charge on any atom is -0.498 e. The second kappa shape index (κ2) is 9.72. The maximum Gasteiger partial charge on any atom is 0.117 e. The van der Waals surface area contributed by atoms with Crippen LogP contribution in [0.15, 0.2) is 48.1 Å². The van der Waals surface area contributed by atoms with Crippen LogP contribution < -0.4 is 0 Å². The number of thioether (sulfide) groups is 2. The van der Waals surface area contributed by atoms with Gasteiger partial charge < -0.3 is 9.47 Å². The van der Waals surface area contributed by atoms with Crippen molar-refractivity contribution in [3.63, 3.8) is 0 Å². The molecule has 4 nitrogen and oxygen atoms in total. The van der Waals surface area contributed by atoms with E-state index in [0.29, 0.717) is 0 Å². The zero-order valence-electron chi connectivity index (χ0n) is 11.8. The number of nitrogens with zero attached hydrogens (tertiary/aromatic N) is 2. The van der Waals surface area contributed by atoms with Crippen molar-refractivity contribution in [1.29, 1.82) is 0 Å². The Kier molecular flexibility index (Phi) is 8.22. The fourth-order valence-electron chi connectivity index (χ4n) is 1.29. The molecule has 2 unspecified atom stereocenters. The Morgan fingerprint density at radius 1 is 1.05 bits per heavy atom. The molecular formula is C14H20N2O2S2. The van der Waals surface area contributed by atoms with Gasteiger partial charge in [0.1, 0.15) is 28.6 Å². The first-order chi connectivity index (χ1) is 9.65. The fraction of sp³-hybridized carbons (Fsp3) is 0.429. The van der Waals surface area contributed by atoms with Gasteiger partial charge in [-0.05, 0) is 13.8 Å². The summed E-state index contributed by atoms with van der Waals surface area (Å²) in [7, 11) is 0. The van der Waals surface area contributed by atoms with Crippen molar-refractivity contribution in [3.8, 4) is 0 Å². The predicted octanol–water partition coefficient (Wildman–Crippen LogP) is 3.76. The van der Waals surface area contributed by atoms with Gasteiger partial charge in [0.25, 0.3) is 0 Å². The SMILES string of the molecule is C=COC(C)CSc1cc(SCC(C)OC=C)ncn1. The van der Waals surface area contributed by atoms with Gasteiger partial charge in [-0.2, -0.15) is 0 Å². The Bertz CT molecular complexity index is 394. The number of aromatic nitrogens is 2. The molecule has 0 saturated heterocycles. The lowest BCUT2D eigenvalue weighted by Crippen LogP contribution is -2.07. The van der Waals surface area contributed by atoms with Gasteiger partial charge in [0.05, 0.1) is 12.5 Å². The maximum absolute atomic E-state index is 5.27. The van der Waals surface area contributed by atoms with Crippen LogP contribution in [-0.2, 0) is 9.47 Å². The normalized spacial score (nSPS) is 13.3. The van der Waals surface area contributed by atoms with Gasteiger partial charge in [-0.15, -0.1) is 23.5 Å². The van der Waals surface area contributed by atoms with E-state index in [9.17, 15) is 0 Å². The summed E-state index contributed by atoms with van der Waals surface area (Å²) in [4.78, 5) is 8.49. The van der Waals surface area contributed by atoms with E-state index in [1.807, 2.05) is 19.9 Å². The standard InChI is InChI=1S/C14H20N2O2S2/c1-5-17-11(3)8-19-13-7-14(16-10-15-13)20-9-12(4)18-6-2/h5-7,10-12H,1-2,8-9H2,3-4H3. The highest BCUT2D eigenvalue weighted by atomic mass is 32.2. The average molecular weight is 312 g/mol. The quantitative estimate of drug-likeness (QED) is 0.372. The molecule has 1 aromatic rings. The van der Waals surface area contributed by atoms with Gasteiger partial charge >= 0.3 is 0 Å². The van der Waals surface area contributed by atoms with Gasteiger partial charge in [-0.1, -0.05) is 13.2 Å². The first-order valence-electron chi connectivity index (χ1n) is 6.26. The average Bonchev–Trinajstić information content (AvgIpc) is 2.44. The Morgan fingerprint density at radius 3 is 1.90 bits per heavy atom. The summed E-state index contributed by atoms with van der Waals surface area (Å²) in [6.07, 6.45) is 4.75. The Balaban J connectivity index is 2.44. The number of hydrogen-bond donors (Lipinski definition) is 0. The van der Waals surface area contributed by atoms with E-state index >= 15 is 0 Å². The van der Waals surface area contributed by atoms with Gasteiger partial charge in [-0.25, -0.2) is 9.97 Å². The molecule has 0 fully saturated rings. The molecule has 6 heteroatoms. The van der Waals surface area contributed by atoms with Crippen molar-refractivity contribution in [2.24, 2.45) is 0 Å². The van der Waals surface area contributed by atoms with Crippen LogP contribution >= 0.6 is 23.5 Å². The molecule has 0 bridgehead atoms. The van der Waals surface area contributed by atoms with Crippen LogP contribution in [0.5, 0.6) is 0 Å². The lowest BCUT2D eigenvalue weighted by Gasteiger charge is -2.11. The van der Waals surface area contributed by atoms with E-state index in [0.717, 1.165) is 21.6 Å². The van der Waals surface area contributed by atoms with E-state index in [4.69, 9.17) is 9.47 Å². The smallest absolute Gasteiger partial charge is 0.117 e. The second-order valence-electron chi connectivity index (χ2n) is 4.04.